The number of hydrogen-bond donors (Lipinski definition) is 2. The van der Waals surface area contributed by atoms with Gasteiger partial charge in [-0.1, -0.05) is 6.07 Å². The highest BCUT2D eigenvalue weighted by molar-refractivity contribution is 7.12. The molecule has 1 fully saturated rings. The van der Waals surface area contributed by atoms with Crippen LogP contribution in [0.15, 0.2) is 35.7 Å². The van der Waals surface area contributed by atoms with Crippen molar-refractivity contribution in [3.05, 3.63) is 51.7 Å². The summed E-state index contributed by atoms with van der Waals surface area (Å²) >= 11 is 1.36. The van der Waals surface area contributed by atoms with E-state index in [4.69, 9.17) is 0 Å². The molecule has 2 N–H and O–H groups in total. The molecular formula is C19H20N2O4S. The molecule has 1 atom stereocenters. The number of rotatable bonds is 4. The second-order valence-corrected chi connectivity index (χ2v) is 7.23. The molecular weight excluding hydrogens is 352 g/mol. The molecule has 3 rings (SSSR count). The molecule has 0 saturated carbocycles. The molecule has 0 spiro atoms. The largest absolute Gasteiger partial charge is 0.480 e. The minimum absolute atomic E-state index is 0.219. The van der Waals surface area contributed by atoms with E-state index < -0.39 is 12.0 Å². The Balaban J connectivity index is 1.78. The molecule has 2 amide bonds. The first-order valence-electron chi connectivity index (χ1n) is 8.46. The number of anilines is 1. The highest BCUT2D eigenvalue weighted by Crippen LogP contribution is 2.22. The quantitative estimate of drug-likeness (QED) is 0.861. The molecule has 7 heteroatoms. The Morgan fingerprint density at radius 1 is 1.23 bits per heavy atom. The topological polar surface area (TPSA) is 86.7 Å². The van der Waals surface area contributed by atoms with E-state index in [9.17, 15) is 19.5 Å². The summed E-state index contributed by atoms with van der Waals surface area (Å²) in [6, 6.07) is 7.72. The highest BCUT2D eigenvalue weighted by atomic mass is 32.1. The standard InChI is InChI=1S/C19H20N2O4S/c1-12-8-10-26-16(12)17(22)20-14-6-4-5-13(11-14)18(23)21-9-3-2-7-15(21)19(24)25/h4-6,8,10-11,15H,2-3,7,9H2,1H3,(H,20,22)(H,24,25). The van der Waals surface area contributed by atoms with Crippen LogP contribution < -0.4 is 5.32 Å². The van der Waals surface area contributed by atoms with Gasteiger partial charge in [0.2, 0.25) is 0 Å². The lowest BCUT2D eigenvalue weighted by Crippen LogP contribution is -2.48. The van der Waals surface area contributed by atoms with Crippen molar-refractivity contribution in [2.24, 2.45) is 0 Å². The van der Waals surface area contributed by atoms with Crippen LogP contribution >= 0.6 is 11.3 Å². The number of aryl methyl sites for hydroxylation is 1. The predicted molar refractivity (Wildman–Crippen MR) is 99.8 cm³/mol. The molecule has 2 heterocycles. The van der Waals surface area contributed by atoms with E-state index >= 15 is 0 Å². The normalized spacial score (nSPS) is 17.0. The third kappa shape index (κ3) is 3.77. The highest BCUT2D eigenvalue weighted by Gasteiger charge is 2.32. The molecule has 26 heavy (non-hydrogen) atoms. The van der Waals surface area contributed by atoms with Gasteiger partial charge in [-0.25, -0.2) is 4.79 Å². The fraction of sp³-hybridized carbons (Fsp3) is 0.316. The lowest BCUT2D eigenvalue weighted by molar-refractivity contribution is -0.143. The Hall–Kier alpha value is -2.67. The Kier molecular flexibility index (Phi) is 5.37. The van der Waals surface area contributed by atoms with Gasteiger partial charge in [-0.3, -0.25) is 9.59 Å². The van der Waals surface area contributed by atoms with Gasteiger partial charge < -0.3 is 15.3 Å². The van der Waals surface area contributed by atoms with Crippen LogP contribution in [0.2, 0.25) is 0 Å². The molecule has 1 aliphatic heterocycles. The van der Waals surface area contributed by atoms with Crippen LogP contribution in [-0.2, 0) is 4.79 Å². The number of hydrogen-bond acceptors (Lipinski definition) is 4. The van der Waals surface area contributed by atoms with Crippen LogP contribution in [0.1, 0.15) is 44.9 Å². The number of amides is 2. The monoisotopic (exact) mass is 372 g/mol. The number of benzene rings is 1. The van der Waals surface area contributed by atoms with Gasteiger partial charge in [0.25, 0.3) is 11.8 Å². The molecule has 1 saturated heterocycles. The van der Waals surface area contributed by atoms with Crippen LogP contribution in [0.4, 0.5) is 5.69 Å². The molecule has 1 unspecified atom stereocenters. The molecule has 0 radical (unpaired) electrons. The van der Waals surface area contributed by atoms with Gasteiger partial charge >= 0.3 is 5.97 Å². The van der Waals surface area contributed by atoms with E-state index in [1.165, 1.54) is 16.2 Å². The van der Waals surface area contributed by atoms with Gasteiger partial charge in [0.15, 0.2) is 0 Å². The lowest BCUT2D eigenvalue weighted by atomic mass is 10.0. The number of carbonyl (C=O) groups excluding carboxylic acids is 2. The Morgan fingerprint density at radius 3 is 2.73 bits per heavy atom. The summed E-state index contributed by atoms with van der Waals surface area (Å²) in [7, 11) is 0. The van der Waals surface area contributed by atoms with E-state index in [2.05, 4.69) is 5.32 Å². The van der Waals surface area contributed by atoms with Gasteiger partial charge in [-0.05, 0) is 61.4 Å². The first-order chi connectivity index (χ1) is 12.5. The zero-order valence-corrected chi connectivity index (χ0v) is 15.2. The number of aliphatic carboxylic acids is 1. The maximum atomic E-state index is 12.8. The van der Waals surface area contributed by atoms with Crippen molar-refractivity contribution in [1.29, 1.82) is 0 Å². The van der Waals surface area contributed by atoms with Crippen molar-refractivity contribution >= 4 is 34.8 Å². The molecule has 1 aromatic heterocycles. The van der Waals surface area contributed by atoms with Crippen LogP contribution in [0.3, 0.4) is 0 Å². The second kappa shape index (κ2) is 7.70. The van der Waals surface area contributed by atoms with Crippen molar-refractivity contribution in [2.75, 3.05) is 11.9 Å². The van der Waals surface area contributed by atoms with Crippen molar-refractivity contribution in [2.45, 2.75) is 32.2 Å². The number of piperidine rings is 1. The fourth-order valence-corrected chi connectivity index (χ4v) is 3.94. The molecule has 1 aromatic carbocycles. The average molecular weight is 372 g/mol. The molecule has 0 bridgehead atoms. The number of carboxylic acids is 1. The Labute approximate surface area is 155 Å². The average Bonchev–Trinajstić information content (AvgIpc) is 3.07. The minimum atomic E-state index is -0.976. The van der Waals surface area contributed by atoms with Crippen LogP contribution in [0, 0.1) is 6.92 Å². The van der Waals surface area contributed by atoms with E-state index in [1.807, 2.05) is 18.4 Å². The summed E-state index contributed by atoms with van der Waals surface area (Å²) < 4.78 is 0. The summed E-state index contributed by atoms with van der Waals surface area (Å²) in [5, 5.41) is 14.0. The number of carbonyl (C=O) groups is 3. The molecule has 2 aromatic rings. The summed E-state index contributed by atoms with van der Waals surface area (Å²) in [5.74, 6) is -1.51. The second-order valence-electron chi connectivity index (χ2n) is 6.32. The predicted octanol–water partition coefficient (Wildman–Crippen LogP) is 3.39. The molecule has 6 nitrogen and oxygen atoms in total. The Bertz CT molecular complexity index is 846. The Morgan fingerprint density at radius 2 is 2.04 bits per heavy atom. The van der Waals surface area contributed by atoms with Crippen molar-refractivity contribution in [3.63, 3.8) is 0 Å². The molecule has 1 aliphatic rings. The van der Waals surface area contributed by atoms with E-state index in [-0.39, 0.29) is 11.8 Å². The minimum Gasteiger partial charge on any atom is -0.480 e. The van der Waals surface area contributed by atoms with Crippen molar-refractivity contribution in [1.82, 2.24) is 4.90 Å². The van der Waals surface area contributed by atoms with Gasteiger partial charge in [-0.15, -0.1) is 11.3 Å². The SMILES string of the molecule is Cc1ccsc1C(=O)Nc1cccc(C(=O)N2CCCCC2C(=O)O)c1. The maximum Gasteiger partial charge on any atom is 0.326 e. The van der Waals surface area contributed by atoms with Crippen LogP contribution in [0.25, 0.3) is 0 Å². The fourth-order valence-electron chi connectivity index (χ4n) is 3.12. The van der Waals surface area contributed by atoms with E-state index in [0.717, 1.165) is 18.4 Å². The summed E-state index contributed by atoms with van der Waals surface area (Å²) in [6.07, 6.45) is 2.07. The summed E-state index contributed by atoms with van der Waals surface area (Å²) in [4.78, 5) is 38.6. The van der Waals surface area contributed by atoms with Crippen LogP contribution in [-0.4, -0.2) is 40.4 Å². The smallest absolute Gasteiger partial charge is 0.326 e. The van der Waals surface area contributed by atoms with Gasteiger partial charge in [0.05, 0.1) is 4.88 Å². The number of nitrogens with one attached hydrogen (secondary N) is 1. The van der Waals surface area contributed by atoms with Crippen molar-refractivity contribution < 1.29 is 19.5 Å². The number of likely N-dealkylation sites (tertiary alicyclic amines) is 1. The number of thiophene rings is 1. The van der Waals surface area contributed by atoms with Crippen LogP contribution in [0.5, 0.6) is 0 Å². The van der Waals surface area contributed by atoms with Gasteiger partial charge in [0, 0.05) is 17.8 Å². The number of carboxylic acid groups (broad SMARTS) is 1. The zero-order valence-electron chi connectivity index (χ0n) is 14.4. The lowest BCUT2D eigenvalue weighted by Gasteiger charge is -2.33. The zero-order chi connectivity index (χ0) is 18.7. The molecule has 136 valence electrons. The van der Waals surface area contributed by atoms with Gasteiger partial charge in [0.1, 0.15) is 6.04 Å². The van der Waals surface area contributed by atoms with Crippen molar-refractivity contribution in [3.8, 4) is 0 Å². The first-order valence-corrected chi connectivity index (χ1v) is 9.34. The maximum absolute atomic E-state index is 12.8. The van der Waals surface area contributed by atoms with E-state index in [0.29, 0.717) is 29.1 Å². The summed E-state index contributed by atoms with van der Waals surface area (Å²) in [5.41, 5.74) is 1.79. The third-order valence-corrected chi connectivity index (χ3v) is 5.50. The van der Waals surface area contributed by atoms with Gasteiger partial charge in [-0.2, -0.15) is 0 Å². The number of nitrogens with zero attached hydrogens (tertiary/aromatic N) is 1. The summed E-state index contributed by atoms with van der Waals surface area (Å²) in [6.45, 7) is 2.30. The molecule has 0 aliphatic carbocycles. The third-order valence-electron chi connectivity index (χ3n) is 4.48. The first kappa shape index (κ1) is 18.1. The van der Waals surface area contributed by atoms with E-state index in [1.54, 1.807) is 24.3 Å².